The third-order valence-electron chi connectivity index (χ3n) is 4.36. The van der Waals surface area contributed by atoms with Gasteiger partial charge in [0.25, 0.3) is 0 Å². The first-order valence-corrected chi connectivity index (χ1v) is 8.99. The second kappa shape index (κ2) is 9.52. The first-order chi connectivity index (χ1) is 11.6. The summed E-state index contributed by atoms with van der Waals surface area (Å²) in [7, 11) is 1.70. The van der Waals surface area contributed by atoms with E-state index in [1.807, 2.05) is 24.3 Å². The molecule has 5 nitrogen and oxygen atoms in total. The lowest BCUT2D eigenvalue weighted by Crippen LogP contribution is -2.46. The Hall–Kier alpha value is -1.75. The Morgan fingerprint density at radius 2 is 2.04 bits per heavy atom. The van der Waals surface area contributed by atoms with Gasteiger partial charge in [-0.1, -0.05) is 29.8 Å². The van der Waals surface area contributed by atoms with Crippen molar-refractivity contribution in [3.63, 3.8) is 0 Å². The van der Waals surface area contributed by atoms with Crippen molar-refractivity contribution in [3.05, 3.63) is 34.9 Å². The topological polar surface area (TPSA) is 56.7 Å². The molecule has 1 aromatic carbocycles. The summed E-state index contributed by atoms with van der Waals surface area (Å²) >= 11 is 6.21. The van der Waals surface area contributed by atoms with Gasteiger partial charge in [0.1, 0.15) is 0 Å². The first-order valence-electron chi connectivity index (χ1n) is 8.61. The van der Waals surface area contributed by atoms with Crippen LogP contribution in [0.15, 0.2) is 29.3 Å². The van der Waals surface area contributed by atoms with E-state index < -0.39 is 0 Å². The zero-order valence-electron chi connectivity index (χ0n) is 14.5. The van der Waals surface area contributed by atoms with E-state index in [0.29, 0.717) is 18.9 Å². The molecule has 132 valence electrons. The van der Waals surface area contributed by atoms with E-state index in [9.17, 15) is 4.79 Å². The number of amides is 1. The molecule has 1 aliphatic rings. The zero-order chi connectivity index (χ0) is 17.4. The van der Waals surface area contributed by atoms with Crippen molar-refractivity contribution in [2.24, 2.45) is 10.9 Å². The minimum atomic E-state index is 0.132. The zero-order valence-corrected chi connectivity index (χ0v) is 15.3. The van der Waals surface area contributed by atoms with Crippen molar-refractivity contribution >= 4 is 23.5 Å². The number of halogens is 1. The number of guanidine groups is 1. The summed E-state index contributed by atoms with van der Waals surface area (Å²) in [6, 6.07) is 7.81. The largest absolute Gasteiger partial charge is 0.359 e. The fraction of sp³-hybridized carbons (Fsp3) is 0.556. The van der Waals surface area contributed by atoms with Gasteiger partial charge < -0.3 is 15.5 Å². The Morgan fingerprint density at radius 3 is 2.67 bits per heavy atom. The van der Waals surface area contributed by atoms with E-state index in [1.165, 1.54) is 0 Å². The van der Waals surface area contributed by atoms with Gasteiger partial charge in [-0.05, 0) is 37.3 Å². The van der Waals surface area contributed by atoms with Crippen molar-refractivity contribution in [1.29, 1.82) is 0 Å². The predicted octanol–water partition coefficient (Wildman–Crippen LogP) is 2.65. The molecule has 0 aromatic heterocycles. The van der Waals surface area contributed by atoms with Gasteiger partial charge >= 0.3 is 0 Å². The average molecular weight is 351 g/mol. The highest BCUT2D eigenvalue weighted by Crippen LogP contribution is 2.21. The Bertz CT molecular complexity index is 568. The molecule has 1 fully saturated rings. The van der Waals surface area contributed by atoms with E-state index in [0.717, 1.165) is 49.0 Å². The van der Waals surface area contributed by atoms with Crippen LogP contribution in [0.2, 0.25) is 5.02 Å². The highest BCUT2D eigenvalue weighted by atomic mass is 35.5. The van der Waals surface area contributed by atoms with Crippen LogP contribution < -0.4 is 10.6 Å². The number of carbonyl (C=O) groups is 1. The van der Waals surface area contributed by atoms with Crippen molar-refractivity contribution in [1.82, 2.24) is 15.5 Å². The molecule has 0 radical (unpaired) electrons. The van der Waals surface area contributed by atoms with E-state index in [-0.39, 0.29) is 5.91 Å². The molecular formula is C18H27ClN4O. The number of rotatable bonds is 5. The van der Waals surface area contributed by atoms with Crippen LogP contribution in [0.4, 0.5) is 0 Å². The van der Waals surface area contributed by atoms with Gasteiger partial charge in [-0.2, -0.15) is 0 Å². The fourth-order valence-electron chi connectivity index (χ4n) is 2.93. The maximum Gasteiger partial charge on any atom is 0.220 e. The minimum Gasteiger partial charge on any atom is -0.359 e. The second-order valence-electron chi connectivity index (χ2n) is 6.07. The number of hydrogen-bond acceptors (Lipinski definition) is 2. The lowest BCUT2D eigenvalue weighted by atomic mass is 9.93. The lowest BCUT2D eigenvalue weighted by molar-refractivity contribution is -0.121. The third kappa shape index (κ3) is 5.41. The number of aliphatic imine (C=N–C) groups is 1. The van der Waals surface area contributed by atoms with Crippen molar-refractivity contribution in [2.75, 3.05) is 26.7 Å². The number of piperidine rings is 1. The van der Waals surface area contributed by atoms with Gasteiger partial charge in [-0.25, -0.2) is 4.99 Å². The molecule has 0 bridgehead atoms. The molecule has 1 saturated heterocycles. The summed E-state index contributed by atoms with van der Waals surface area (Å²) in [5, 5.41) is 6.82. The summed E-state index contributed by atoms with van der Waals surface area (Å²) in [4.78, 5) is 18.5. The number of hydrogen-bond donors (Lipinski definition) is 2. The fourth-order valence-corrected chi connectivity index (χ4v) is 3.12. The summed E-state index contributed by atoms with van der Waals surface area (Å²) in [6.45, 7) is 5.33. The van der Waals surface area contributed by atoms with Crippen LogP contribution in [0.5, 0.6) is 0 Å². The second-order valence-corrected chi connectivity index (χ2v) is 6.48. The Labute approximate surface area is 149 Å². The standard InChI is InChI=1S/C18H27ClN4O/c1-3-21-18(22-13-15-6-4-5-7-16(15)19)23-10-8-14(9-11-23)12-17(24)20-2/h4-7,14H,3,8-13H2,1-2H3,(H,20,24)(H,21,22). The average Bonchev–Trinajstić information content (AvgIpc) is 2.60. The van der Waals surface area contributed by atoms with Crippen LogP contribution in [-0.2, 0) is 11.3 Å². The highest BCUT2D eigenvalue weighted by Gasteiger charge is 2.23. The van der Waals surface area contributed by atoms with E-state index in [4.69, 9.17) is 16.6 Å². The van der Waals surface area contributed by atoms with Crippen LogP contribution in [0.3, 0.4) is 0 Å². The summed E-state index contributed by atoms with van der Waals surface area (Å²) in [5.41, 5.74) is 1.03. The SMILES string of the molecule is CCNC(=NCc1ccccc1Cl)N1CCC(CC(=O)NC)CC1. The van der Waals surface area contributed by atoms with Crippen molar-refractivity contribution < 1.29 is 4.79 Å². The Morgan fingerprint density at radius 1 is 1.33 bits per heavy atom. The molecule has 0 spiro atoms. The van der Waals surface area contributed by atoms with Crippen LogP contribution in [0, 0.1) is 5.92 Å². The minimum absolute atomic E-state index is 0.132. The normalized spacial score (nSPS) is 16.1. The molecule has 2 rings (SSSR count). The van der Waals surface area contributed by atoms with E-state index in [2.05, 4.69) is 22.5 Å². The predicted molar refractivity (Wildman–Crippen MR) is 99.2 cm³/mol. The first kappa shape index (κ1) is 18.6. The van der Waals surface area contributed by atoms with Crippen LogP contribution in [0.1, 0.15) is 31.7 Å². The molecule has 0 aliphatic carbocycles. The number of likely N-dealkylation sites (tertiary alicyclic amines) is 1. The summed E-state index contributed by atoms with van der Waals surface area (Å²) in [5.74, 6) is 1.52. The molecule has 1 aliphatic heterocycles. The molecule has 24 heavy (non-hydrogen) atoms. The number of benzene rings is 1. The third-order valence-corrected chi connectivity index (χ3v) is 4.73. The van der Waals surface area contributed by atoms with E-state index in [1.54, 1.807) is 7.05 Å². The summed E-state index contributed by atoms with van der Waals surface area (Å²) in [6.07, 6.45) is 2.66. The molecule has 1 amide bonds. The quantitative estimate of drug-likeness (QED) is 0.634. The number of carbonyl (C=O) groups excluding carboxylic acids is 1. The Balaban J connectivity index is 1.95. The molecular weight excluding hydrogens is 324 g/mol. The summed E-state index contributed by atoms with van der Waals surface area (Å²) < 4.78 is 0. The highest BCUT2D eigenvalue weighted by molar-refractivity contribution is 6.31. The maximum atomic E-state index is 11.5. The van der Waals surface area contributed by atoms with Gasteiger partial charge in [0, 0.05) is 38.1 Å². The molecule has 2 N–H and O–H groups in total. The van der Waals surface area contributed by atoms with Crippen LogP contribution in [-0.4, -0.2) is 43.4 Å². The number of nitrogens with one attached hydrogen (secondary N) is 2. The Kier molecular flexibility index (Phi) is 7.37. The molecule has 1 aromatic rings. The maximum absolute atomic E-state index is 11.5. The van der Waals surface area contributed by atoms with Crippen molar-refractivity contribution in [2.45, 2.75) is 32.7 Å². The molecule has 0 saturated carbocycles. The van der Waals surface area contributed by atoms with E-state index >= 15 is 0 Å². The van der Waals surface area contributed by atoms with Gasteiger partial charge in [0.05, 0.1) is 6.54 Å². The van der Waals surface area contributed by atoms with Gasteiger partial charge in [0.2, 0.25) is 5.91 Å². The van der Waals surface area contributed by atoms with Crippen LogP contribution >= 0.6 is 11.6 Å². The molecule has 6 heteroatoms. The smallest absolute Gasteiger partial charge is 0.220 e. The van der Waals surface area contributed by atoms with Gasteiger partial charge in [-0.3, -0.25) is 4.79 Å². The molecule has 1 heterocycles. The molecule has 0 atom stereocenters. The van der Waals surface area contributed by atoms with Crippen LogP contribution in [0.25, 0.3) is 0 Å². The lowest BCUT2D eigenvalue weighted by Gasteiger charge is -2.34. The van der Waals surface area contributed by atoms with Gasteiger partial charge in [-0.15, -0.1) is 0 Å². The number of nitrogens with zero attached hydrogens (tertiary/aromatic N) is 2. The van der Waals surface area contributed by atoms with Crippen molar-refractivity contribution in [3.8, 4) is 0 Å². The van der Waals surface area contributed by atoms with Gasteiger partial charge in [0.15, 0.2) is 5.96 Å². The molecule has 0 unspecified atom stereocenters. The monoisotopic (exact) mass is 350 g/mol.